The van der Waals surface area contributed by atoms with Gasteiger partial charge in [0.15, 0.2) is 5.75 Å². The molecule has 21 heavy (non-hydrogen) atoms. The molecule has 1 heterocycles. The average molecular weight is 283 g/mol. The average Bonchev–Trinajstić information content (AvgIpc) is 2.48. The van der Waals surface area contributed by atoms with Crippen LogP contribution in [-0.2, 0) is 4.79 Å². The van der Waals surface area contributed by atoms with Crippen molar-refractivity contribution >= 4 is 28.9 Å². The molecule has 1 aliphatic heterocycles. The Morgan fingerprint density at radius 2 is 1.95 bits per heavy atom. The number of anilines is 3. The van der Waals surface area contributed by atoms with Crippen molar-refractivity contribution in [2.24, 2.45) is 0 Å². The van der Waals surface area contributed by atoms with Crippen molar-refractivity contribution in [1.82, 2.24) is 0 Å². The molecule has 106 valence electrons. The Labute approximate surface area is 120 Å². The summed E-state index contributed by atoms with van der Waals surface area (Å²) in [4.78, 5) is 25.7. The van der Waals surface area contributed by atoms with Crippen LogP contribution in [0.3, 0.4) is 0 Å². The van der Waals surface area contributed by atoms with E-state index in [1.807, 2.05) is 0 Å². The highest BCUT2D eigenvalue weighted by Gasteiger charge is 2.29. The number of fused-ring (bicyclic) bond motifs is 1. The predicted molar refractivity (Wildman–Crippen MR) is 79.3 cm³/mol. The van der Waals surface area contributed by atoms with Gasteiger partial charge in [0.2, 0.25) is 5.91 Å². The van der Waals surface area contributed by atoms with Gasteiger partial charge in [-0.05, 0) is 24.3 Å². The number of para-hydroxylation sites is 3. The van der Waals surface area contributed by atoms with Gasteiger partial charge < -0.3 is 16.2 Å². The largest absolute Gasteiger partial charge is 0.505 e. The highest BCUT2D eigenvalue weighted by Crippen LogP contribution is 2.32. The molecule has 4 N–H and O–H groups in total. The maximum atomic E-state index is 12.6. The first kappa shape index (κ1) is 13.0. The van der Waals surface area contributed by atoms with Gasteiger partial charge in [0.05, 0.1) is 22.6 Å². The molecule has 0 unspecified atom stereocenters. The Hall–Kier alpha value is -3.02. The second kappa shape index (κ2) is 4.82. The van der Waals surface area contributed by atoms with Crippen molar-refractivity contribution in [3.8, 4) is 5.75 Å². The molecule has 6 nitrogen and oxygen atoms in total. The van der Waals surface area contributed by atoms with Gasteiger partial charge >= 0.3 is 0 Å². The number of amides is 2. The van der Waals surface area contributed by atoms with E-state index in [-0.39, 0.29) is 29.5 Å². The quantitative estimate of drug-likeness (QED) is 0.547. The number of nitrogens with zero attached hydrogens (tertiary/aromatic N) is 1. The van der Waals surface area contributed by atoms with Crippen molar-refractivity contribution in [2.75, 3.05) is 22.5 Å². The number of phenols is 1. The van der Waals surface area contributed by atoms with E-state index in [4.69, 9.17) is 5.73 Å². The lowest BCUT2D eigenvalue weighted by atomic mass is 10.1. The van der Waals surface area contributed by atoms with Gasteiger partial charge in [0, 0.05) is 0 Å². The number of nitrogen functional groups attached to an aromatic ring is 1. The van der Waals surface area contributed by atoms with E-state index in [9.17, 15) is 14.7 Å². The number of carbonyl (C=O) groups is 2. The molecule has 0 aliphatic carbocycles. The fraction of sp³-hybridized carbons (Fsp3) is 0.0667. The minimum absolute atomic E-state index is 0.0690. The van der Waals surface area contributed by atoms with Crippen LogP contribution in [0.4, 0.5) is 17.1 Å². The lowest BCUT2D eigenvalue weighted by Crippen LogP contribution is -2.42. The summed E-state index contributed by atoms with van der Waals surface area (Å²) in [5, 5.41) is 12.6. The maximum Gasteiger partial charge on any atom is 0.262 e. The standard InChI is InChI=1S/C15H13N3O3/c16-10-5-3-4-9(14(10)20)15(21)18-8-13(19)17-11-6-1-2-7-12(11)18/h1-7,20H,8,16H2,(H,17,19). The summed E-state index contributed by atoms with van der Waals surface area (Å²) >= 11 is 0. The van der Waals surface area contributed by atoms with Crippen molar-refractivity contribution < 1.29 is 14.7 Å². The molecule has 0 spiro atoms. The summed E-state index contributed by atoms with van der Waals surface area (Å²) in [5.41, 5.74) is 6.95. The number of hydrogen-bond acceptors (Lipinski definition) is 4. The van der Waals surface area contributed by atoms with E-state index in [1.54, 1.807) is 30.3 Å². The molecular weight excluding hydrogens is 270 g/mol. The van der Waals surface area contributed by atoms with Gasteiger partial charge in [-0.2, -0.15) is 0 Å². The van der Waals surface area contributed by atoms with Crippen LogP contribution < -0.4 is 16.0 Å². The number of rotatable bonds is 1. The SMILES string of the molecule is Nc1cccc(C(=O)N2CC(=O)Nc3ccccc32)c1O. The van der Waals surface area contributed by atoms with Crippen LogP contribution in [0.2, 0.25) is 0 Å². The molecule has 6 heteroatoms. The Bertz CT molecular complexity index is 743. The molecule has 1 aliphatic rings. The summed E-state index contributed by atoms with van der Waals surface area (Å²) in [6.07, 6.45) is 0. The van der Waals surface area contributed by atoms with E-state index < -0.39 is 5.91 Å². The third-order valence-corrected chi connectivity index (χ3v) is 3.31. The molecule has 0 saturated carbocycles. The number of aromatic hydroxyl groups is 1. The number of nitrogens with two attached hydrogens (primary N) is 1. The minimum atomic E-state index is -0.470. The van der Waals surface area contributed by atoms with Crippen molar-refractivity contribution in [2.45, 2.75) is 0 Å². The molecule has 0 saturated heterocycles. The Morgan fingerprint density at radius 1 is 1.19 bits per heavy atom. The summed E-state index contributed by atoms with van der Waals surface area (Å²) < 4.78 is 0. The monoisotopic (exact) mass is 283 g/mol. The third kappa shape index (κ3) is 2.16. The molecule has 0 bridgehead atoms. The Morgan fingerprint density at radius 3 is 2.76 bits per heavy atom. The number of benzene rings is 2. The highest BCUT2D eigenvalue weighted by atomic mass is 16.3. The topological polar surface area (TPSA) is 95.7 Å². The first-order chi connectivity index (χ1) is 10.1. The molecule has 2 aromatic carbocycles. The fourth-order valence-electron chi connectivity index (χ4n) is 2.29. The summed E-state index contributed by atoms with van der Waals surface area (Å²) in [5.74, 6) is -1.03. The second-order valence-corrected chi connectivity index (χ2v) is 4.70. The van der Waals surface area contributed by atoms with Gasteiger partial charge in [-0.25, -0.2) is 0 Å². The summed E-state index contributed by atoms with van der Waals surface area (Å²) in [7, 11) is 0. The summed E-state index contributed by atoms with van der Waals surface area (Å²) in [6.45, 7) is -0.107. The predicted octanol–water partition coefficient (Wildman–Crippen LogP) is 1.57. The van der Waals surface area contributed by atoms with Crippen LogP contribution in [0.1, 0.15) is 10.4 Å². The third-order valence-electron chi connectivity index (χ3n) is 3.31. The van der Waals surface area contributed by atoms with Crippen molar-refractivity contribution in [1.29, 1.82) is 0 Å². The molecule has 0 aromatic heterocycles. The molecular formula is C15H13N3O3. The number of hydrogen-bond donors (Lipinski definition) is 3. The Balaban J connectivity index is 2.06. The summed E-state index contributed by atoms with van der Waals surface area (Å²) in [6, 6.07) is 11.5. The molecule has 0 atom stereocenters. The lowest BCUT2D eigenvalue weighted by Gasteiger charge is -2.29. The van der Waals surface area contributed by atoms with Crippen LogP contribution in [0.5, 0.6) is 5.75 Å². The Kier molecular flexibility index (Phi) is 2.98. The van der Waals surface area contributed by atoms with Crippen LogP contribution in [-0.4, -0.2) is 23.5 Å². The van der Waals surface area contributed by atoms with Crippen LogP contribution in [0.25, 0.3) is 0 Å². The van der Waals surface area contributed by atoms with Crippen LogP contribution in [0.15, 0.2) is 42.5 Å². The fourth-order valence-corrected chi connectivity index (χ4v) is 2.29. The zero-order chi connectivity index (χ0) is 15.0. The van der Waals surface area contributed by atoms with E-state index in [2.05, 4.69) is 5.32 Å². The molecule has 0 radical (unpaired) electrons. The lowest BCUT2D eigenvalue weighted by molar-refractivity contribution is -0.115. The number of phenolic OH excluding ortho intramolecular Hbond substituents is 1. The number of nitrogens with one attached hydrogen (secondary N) is 1. The van der Waals surface area contributed by atoms with Crippen molar-refractivity contribution in [3.63, 3.8) is 0 Å². The van der Waals surface area contributed by atoms with E-state index in [0.717, 1.165) is 0 Å². The minimum Gasteiger partial charge on any atom is -0.505 e. The molecule has 0 fully saturated rings. The zero-order valence-electron chi connectivity index (χ0n) is 11.0. The normalized spacial score (nSPS) is 13.5. The number of carbonyl (C=O) groups excluding carboxylic acids is 2. The van der Waals surface area contributed by atoms with Gasteiger partial charge in [-0.3, -0.25) is 14.5 Å². The van der Waals surface area contributed by atoms with Crippen molar-refractivity contribution in [3.05, 3.63) is 48.0 Å². The van der Waals surface area contributed by atoms with Gasteiger partial charge in [0.1, 0.15) is 6.54 Å². The first-order valence-corrected chi connectivity index (χ1v) is 6.36. The smallest absolute Gasteiger partial charge is 0.262 e. The molecule has 3 rings (SSSR count). The van der Waals surface area contributed by atoms with Crippen LogP contribution >= 0.6 is 0 Å². The van der Waals surface area contributed by atoms with E-state index in [0.29, 0.717) is 11.4 Å². The highest BCUT2D eigenvalue weighted by molar-refractivity contribution is 6.16. The first-order valence-electron chi connectivity index (χ1n) is 6.36. The van der Waals surface area contributed by atoms with E-state index in [1.165, 1.54) is 17.0 Å². The maximum absolute atomic E-state index is 12.6. The van der Waals surface area contributed by atoms with Crippen LogP contribution in [0, 0.1) is 0 Å². The molecule has 2 aromatic rings. The molecule has 2 amide bonds. The van der Waals surface area contributed by atoms with Gasteiger partial charge in [-0.1, -0.05) is 18.2 Å². The second-order valence-electron chi connectivity index (χ2n) is 4.70. The van der Waals surface area contributed by atoms with E-state index >= 15 is 0 Å². The zero-order valence-corrected chi connectivity index (χ0v) is 11.0. The van der Waals surface area contributed by atoms with Gasteiger partial charge in [-0.15, -0.1) is 0 Å². The van der Waals surface area contributed by atoms with Gasteiger partial charge in [0.25, 0.3) is 5.91 Å².